The fraction of sp³-hybridized carbons (Fsp3) is 0.600. The quantitative estimate of drug-likeness (QED) is 0.323. The SMILES string of the molecule is C=CCC[C@H]1CC[C@H](CC(F)(F)OCc2cc(F)c(C(F)(F)F)c(F)c2)CC1. The largest absolute Gasteiger partial charge is 0.422 e. The van der Waals surface area contributed by atoms with Crippen LogP contribution in [0.2, 0.25) is 0 Å². The highest BCUT2D eigenvalue weighted by atomic mass is 19.4. The van der Waals surface area contributed by atoms with Gasteiger partial charge in [0.25, 0.3) is 0 Å². The van der Waals surface area contributed by atoms with Crippen LogP contribution in [0.1, 0.15) is 56.1 Å². The summed E-state index contributed by atoms with van der Waals surface area (Å²) in [5, 5.41) is 0. The van der Waals surface area contributed by atoms with Crippen LogP contribution in [-0.4, -0.2) is 6.11 Å². The maximum absolute atomic E-state index is 14.1. The molecule has 158 valence electrons. The zero-order valence-corrected chi connectivity index (χ0v) is 15.3. The second kappa shape index (κ2) is 9.29. The number of rotatable bonds is 8. The first kappa shape index (κ1) is 22.7. The van der Waals surface area contributed by atoms with Crippen molar-refractivity contribution < 1.29 is 35.5 Å². The zero-order chi connectivity index (χ0) is 20.9. The Balaban J connectivity index is 1.89. The molecule has 1 saturated carbocycles. The summed E-state index contributed by atoms with van der Waals surface area (Å²) >= 11 is 0. The van der Waals surface area contributed by atoms with E-state index < -0.39 is 48.1 Å². The van der Waals surface area contributed by atoms with Crippen molar-refractivity contribution in [2.75, 3.05) is 0 Å². The number of halogens is 7. The van der Waals surface area contributed by atoms with Crippen LogP contribution in [0.3, 0.4) is 0 Å². The van der Waals surface area contributed by atoms with Gasteiger partial charge in [0, 0.05) is 6.42 Å². The maximum Gasteiger partial charge on any atom is 0.422 e. The third kappa shape index (κ3) is 6.50. The van der Waals surface area contributed by atoms with Crippen molar-refractivity contribution in [2.24, 2.45) is 11.8 Å². The number of hydrogen-bond donors (Lipinski definition) is 0. The van der Waals surface area contributed by atoms with E-state index in [1.165, 1.54) is 0 Å². The molecule has 0 bridgehead atoms. The van der Waals surface area contributed by atoms with E-state index in [2.05, 4.69) is 11.3 Å². The molecule has 1 fully saturated rings. The van der Waals surface area contributed by atoms with E-state index in [9.17, 15) is 30.7 Å². The van der Waals surface area contributed by atoms with Gasteiger partial charge >= 0.3 is 12.3 Å². The molecule has 8 heteroatoms. The molecule has 0 aromatic heterocycles. The molecule has 28 heavy (non-hydrogen) atoms. The van der Waals surface area contributed by atoms with Gasteiger partial charge < -0.3 is 4.74 Å². The molecule has 0 atom stereocenters. The van der Waals surface area contributed by atoms with Crippen LogP contribution >= 0.6 is 0 Å². The number of hydrogen-bond acceptors (Lipinski definition) is 1. The molecule has 0 N–H and O–H groups in total. The minimum Gasteiger partial charge on any atom is -0.316 e. The first-order chi connectivity index (χ1) is 13.0. The number of alkyl halides is 5. The molecule has 1 aliphatic rings. The van der Waals surface area contributed by atoms with Crippen LogP contribution in [0.25, 0.3) is 0 Å². The average Bonchev–Trinajstić information content (AvgIpc) is 2.57. The highest BCUT2D eigenvalue weighted by Crippen LogP contribution is 2.38. The van der Waals surface area contributed by atoms with Crippen LogP contribution in [0.15, 0.2) is 24.8 Å². The molecule has 1 aromatic carbocycles. The Hall–Kier alpha value is -1.57. The van der Waals surface area contributed by atoms with Gasteiger partial charge in [0.1, 0.15) is 17.2 Å². The molecular formula is C20H23F7O. The highest BCUT2D eigenvalue weighted by Gasteiger charge is 2.39. The summed E-state index contributed by atoms with van der Waals surface area (Å²) in [5.41, 5.74) is -2.47. The minimum atomic E-state index is -5.21. The molecule has 0 amide bonds. The van der Waals surface area contributed by atoms with E-state index in [1.807, 2.05) is 6.08 Å². The predicted molar refractivity (Wildman–Crippen MR) is 90.6 cm³/mol. The Morgan fingerprint density at radius 3 is 2.00 bits per heavy atom. The minimum absolute atomic E-state index is 0.226. The Labute approximate surface area is 159 Å². The molecule has 1 aromatic rings. The molecule has 0 spiro atoms. The lowest BCUT2D eigenvalue weighted by molar-refractivity contribution is -0.256. The van der Waals surface area contributed by atoms with E-state index in [1.54, 1.807) is 0 Å². The van der Waals surface area contributed by atoms with Crippen molar-refractivity contribution in [3.63, 3.8) is 0 Å². The first-order valence-electron chi connectivity index (χ1n) is 9.19. The lowest BCUT2D eigenvalue weighted by Crippen LogP contribution is -2.27. The maximum atomic E-state index is 14.1. The summed E-state index contributed by atoms with van der Waals surface area (Å²) in [7, 11) is 0. The van der Waals surface area contributed by atoms with Gasteiger partial charge in [0.05, 0.1) is 6.61 Å². The highest BCUT2D eigenvalue weighted by molar-refractivity contribution is 5.28. The van der Waals surface area contributed by atoms with Crippen LogP contribution < -0.4 is 0 Å². The Kier molecular flexibility index (Phi) is 7.53. The zero-order valence-electron chi connectivity index (χ0n) is 15.3. The molecule has 0 saturated heterocycles. The van der Waals surface area contributed by atoms with E-state index in [-0.39, 0.29) is 5.92 Å². The number of benzene rings is 1. The Morgan fingerprint density at radius 1 is 0.964 bits per heavy atom. The van der Waals surface area contributed by atoms with Gasteiger partial charge in [-0.15, -0.1) is 6.58 Å². The molecule has 0 heterocycles. The fourth-order valence-electron chi connectivity index (χ4n) is 3.64. The molecule has 2 rings (SSSR count). The van der Waals surface area contributed by atoms with Gasteiger partial charge in [-0.1, -0.05) is 18.9 Å². The summed E-state index contributed by atoms with van der Waals surface area (Å²) < 4.78 is 97.2. The second-order valence-corrected chi connectivity index (χ2v) is 7.32. The molecule has 0 unspecified atom stereocenters. The molecule has 1 nitrogen and oxygen atoms in total. The standard InChI is InChI=1S/C20H23F7O/c1-2-3-4-13-5-7-14(8-6-13)11-19(23,24)28-12-15-9-16(21)18(17(22)10-15)20(25,26)27/h2,9-10,13-14H,1,3-8,11-12H2/t13-,14-. The smallest absolute Gasteiger partial charge is 0.316 e. The lowest BCUT2D eigenvalue weighted by atomic mass is 9.78. The van der Waals surface area contributed by atoms with E-state index in [0.29, 0.717) is 30.9 Å². The molecular weight excluding hydrogens is 389 g/mol. The number of allylic oxidation sites excluding steroid dienone is 1. The van der Waals surface area contributed by atoms with Crippen molar-refractivity contribution in [2.45, 2.75) is 63.8 Å². The lowest BCUT2D eigenvalue weighted by Gasteiger charge is -2.30. The summed E-state index contributed by atoms with van der Waals surface area (Å²) in [4.78, 5) is 0. The van der Waals surface area contributed by atoms with Crippen LogP contribution in [0.5, 0.6) is 0 Å². The topological polar surface area (TPSA) is 9.23 Å². The van der Waals surface area contributed by atoms with Gasteiger partial charge in [-0.05, 0) is 55.2 Å². The van der Waals surface area contributed by atoms with Gasteiger partial charge in [-0.25, -0.2) is 8.78 Å². The van der Waals surface area contributed by atoms with Crippen molar-refractivity contribution in [1.29, 1.82) is 0 Å². The third-order valence-corrected chi connectivity index (χ3v) is 5.11. The number of ether oxygens (including phenoxy) is 1. The summed E-state index contributed by atoms with van der Waals surface area (Å²) in [5.74, 6) is -3.43. The van der Waals surface area contributed by atoms with Crippen LogP contribution in [0, 0.1) is 23.5 Å². The van der Waals surface area contributed by atoms with Gasteiger partial charge in [0.15, 0.2) is 0 Å². The summed E-state index contributed by atoms with van der Waals surface area (Å²) in [6, 6.07) is 0.736. The van der Waals surface area contributed by atoms with E-state index in [0.717, 1.165) is 25.7 Å². The van der Waals surface area contributed by atoms with Crippen molar-refractivity contribution >= 4 is 0 Å². The molecule has 0 radical (unpaired) electrons. The van der Waals surface area contributed by atoms with Gasteiger partial charge in [-0.3, -0.25) is 0 Å². The first-order valence-corrected chi connectivity index (χ1v) is 9.19. The van der Waals surface area contributed by atoms with Crippen LogP contribution in [0.4, 0.5) is 30.7 Å². The summed E-state index contributed by atoms with van der Waals surface area (Å²) in [6.07, 6.45) is -2.53. The second-order valence-electron chi connectivity index (χ2n) is 7.32. The molecule has 0 aliphatic heterocycles. The summed E-state index contributed by atoms with van der Waals surface area (Å²) in [6.45, 7) is 2.78. The predicted octanol–water partition coefficient (Wildman–Crippen LogP) is 7.26. The average molecular weight is 412 g/mol. The monoisotopic (exact) mass is 412 g/mol. The van der Waals surface area contributed by atoms with Gasteiger partial charge in [-0.2, -0.15) is 22.0 Å². The Bertz CT molecular complexity index is 638. The van der Waals surface area contributed by atoms with Gasteiger partial charge in [0.2, 0.25) is 0 Å². The third-order valence-electron chi connectivity index (χ3n) is 5.11. The normalized spacial score (nSPS) is 21.0. The van der Waals surface area contributed by atoms with Crippen molar-refractivity contribution in [3.05, 3.63) is 47.5 Å². The van der Waals surface area contributed by atoms with Crippen LogP contribution in [-0.2, 0) is 17.5 Å². The van der Waals surface area contributed by atoms with E-state index >= 15 is 0 Å². The Morgan fingerprint density at radius 2 is 1.50 bits per heavy atom. The fourth-order valence-corrected chi connectivity index (χ4v) is 3.64. The molecule has 1 aliphatic carbocycles. The van der Waals surface area contributed by atoms with Crippen molar-refractivity contribution in [3.8, 4) is 0 Å². The van der Waals surface area contributed by atoms with E-state index in [4.69, 9.17) is 0 Å². The van der Waals surface area contributed by atoms with Crippen molar-refractivity contribution in [1.82, 2.24) is 0 Å².